The van der Waals surface area contributed by atoms with Crippen LogP contribution in [0, 0.1) is 13.8 Å². The molecule has 0 saturated carbocycles. The highest BCUT2D eigenvalue weighted by atomic mass is 35.5. The van der Waals surface area contributed by atoms with Crippen LogP contribution in [0.3, 0.4) is 0 Å². The third-order valence-corrected chi connectivity index (χ3v) is 5.65. The Morgan fingerprint density at radius 1 is 1.09 bits per heavy atom. The van der Waals surface area contributed by atoms with Gasteiger partial charge in [-0.2, -0.15) is 0 Å². The molecule has 2 aliphatic rings. The second kappa shape index (κ2) is 8.39. The largest absolute Gasteiger partial charge is 0.467 e. The number of rotatable bonds is 3. The molecule has 2 heterocycles. The third-order valence-electron chi connectivity index (χ3n) is 5.43. The fourth-order valence-corrected chi connectivity index (χ4v) is 4.10. The summed E-state index contributed by atoms with van der Waals surface area (Å²) in [6, 6.07) is 13.8. The molecule has 3 aromatic rings. The van der Waals surface area contributed by atoms with Gasteiger partial charge in [-0.15, -0.1) is 0 Å². The zero-order valence-corrected chi connectivity index (χ0v) is 18.7. The van der Waals surface area contributed by atoms with Crippen molar-refractivity contribution >= 4 is 29.4 Å². The van der Waals surface area contributed by atoms with Gasteiger partial charge in [-0.05, 0) is 55.8 Å². The van der Waals surface area contributed by atoms with Gasteiger partial charge in [0.1, 0.15) is 17.2 Å². The summed E-state index contributed by atoms with van der Waals surface area (Å²) in [5, 5.41) is 0.499. The fourth-order valence-electron chi connectivity index (χ4n) is 3.85. The molecule has 0 atom stereocenters. The van der Waals surface area contributed by atoms with E-state index >= 15 is 0 Å². The first-order chi connectivity index (χ1) is 15.9. The number of Topliss-reactive ketones (excluding diaryl/α,β-unsaturated/α-hetero) is 1. The van der Waals surface area contributed by atoms with E-state index in [0.29, 0.717) is 51.1 Å². The minimum atomic E-state index is -0.487. The molecule has 3 aromatic carbocycles. The lowest BCUT2D eigenvalue weighted by Gasteiger charge is -2.20. The number of halogens is 1. The molecule has 7 heteroatoms. The average Bonchev–Trinajstić information content (AvgIpc) is 3.09. The maximum absolute atomic E-state index is 13.1. The van der Waals surface area contributed by atoms with E-state index in [9.17, 15) is 9.59 Å². The van der Waals surface area contributed by atoms with Crippen LogP contribution in [0.1, 0.15) is 43.0 Å². The molecule has 0 saturated heterocycles. The van der Waals surface area contributed by atoms with E-state index in [0.717, 1.165) is 11.1 Å². The van der Waals surface area contributed by atoms with Gasteiger partial charge in [0.25, 0.3) is 0 Å². The molecule has 0 aliphatic carbocycles. The van der Waals surface area contributed by atoms with Crippen LogP contribution in [0.5, 0.6) is 17.2 Å². The second-order valence-corrected chi connectivity index (χ2v) is 8.34. The highest BCUT2D eigenvalue weighted by Crippen LogP contribution is 2.39. The van der Waals surface area contributed by atoms with Gasteiger partial charge in [0.15, 0.2) is 12.6 Å². The fraction of sp³-hybridized carbons (Fsp3) is 0.154. The maximum Gasteiger partial charge on any atom is 0.343 e. The quantitative estimate of drug-likeness (QED) is 0.284. The number of benzene rings is 3. The molecule has 166 valence electrons. The predicted octanol–water partition coefficient (Wildman–Crippen LogP) is 5.66. The summed E-state index contributed by atoms with van der Waals surface area (Å²) in [4.78, 5) is 25.6. The zero-order valence-electron chi connectivity index (χ0n) is 17.9. The van der Waals surface area contributed by atoms with Gasteiger partial charge in [0.2, 0.25) is 5.78 Å². The molecule has 0 amide bonds. The van der Waals surface area contributed by atoms with Crippen molar-refractivity contribution in [1.29, 1.82) is 0 Å². The van der Waals surface area contributed by atoms with E-state index in [1.807, 2.05) is 19.1 Å². The van der Waals surface area contributed by atoms with Crippen LogP contribution in [0.25, 0.3) is 6.08 Å². The molecule has 5 rings (SSSR count). The standard InChI is InChI=1S/C26H19ClO6/c1-14-3-5-16(6-4-14)26(29)32-20-7-15(2)23-21(11-20)33-22(24(23)28)10-17-8-19(27)9-18-12-30-13-31-25(17)18/h3-11H,12-13H2,1-2H3/b22-10-. The molecule has 0 fully saturated rings. The Labute approximate surface area is 195 Å². The Hall–Kier alpha value is -3.61. The summed E-state index contributed by atoms with van der Waals surface area (Å²) in [5.74, 6) is 0.619. The Morgan fingerprint density at radius 2 is 1.88 bits per heavy atom. The summed E-state index contributed by atoms with van der Waals surface area (Å²) in [6.07, 6.45) is 1.61. The highest BCUT2D eigenvalue weighted by Gasteiger charge is 2.31. The average molecular weight is 463 g/mol. The van der Waals surface area contributed by atoms with Crippen molar-refractivity contribution in [2.24, 2.45) is 0 Å². The first-order valence-corrected chi connectivity index (χ1v) is 10.7. The van der Waals surface area contributed by atoms with Crippen LogP contribution < -0.4 is 14.2 Å². The van der Waals surface area contributed by atoms with Gasteiger partial charge in [-0.25, -0.2) is 4.79 Å². The summed E-state index contributed by atoms with van der Waals surface area (Å²) >= 11 is 6.23. The predicted molar refractivity (Wildman–Crippen MR) is 122 cm³/mol. The number of hydrogen-bond donors (Lipinski definition) is 0. The minimum Gasteiger partial charge on any atom is -0.467 e. The number of esters is 1. The van der Waals surface area contributed by atoms with Gasteiger partial charge in [0.05, 0.1) is 17.7 Å². The summed E-state index contributed by atoms with van der Waals surface area (Å²) < 4.78 is 22.3. The van der Waals surface area contributed by atoms with E-state index in [1.165, 1.54) is 0 Å². The SMILES string of the molecule is Cc1ccc(C(=O)Oc2cc(C)c3c(c2)O/C(=C\c2cc(Cl)cc4c2OCOC4)C3=O)cc1. The Bertz CT molecular complexity index is 1320. The van der Waals surface area contributed by atoms with Crippen molar-refractivity contribution in [3.63, 3.8) is 0 Å². The van der Waals surface area contributed by atoms with Gasteiger partial charge in [-0.1, -0.05) is 29.3 Å². The molecule has 6 nitrogen and oxygen atoms in total. The summed E-state index contributed by atoms with van der Waals surface area (Å²) in [5.41, 5.74) is 3.98. The molecular weight excluding hydrogens is 444 g/mol. The summed E-state index contributed by atoms with van der Waals surface area (Å²) in [6.45, 7) is 4.20. The van der Waals surface area contributed by atoms with Gasteiger partial charge < -0.3 is 18.9 Å². The monoisotopic (exact) mass is 462 g/mol. The number of ether oxygens (including phenoxy) is 4. The molecule has 0 radical (unpaired) electrons. The van der Waals surface area contributed by atoms with Crippen molar-refractivity contribution in [3.8, 4) is 17.2 Å². The first kappa shape index (κ1) is 21.2. The van der Waals surface area contributed by atoms with Crippen LogP contribution in [-0.2, 0) is 11.3 Å². The molecule has 2 aliphatic heterocycles. The molecule has 0 aromatic heterocycles. The van der Waals surface area contributed by atoms with Crippen molar-refractivity contribution < 1.29 is 28.5 Å². The van der Waals surface area contributed by atoms with E-state index in [-0.39, 0.29) is 18.3 Å². The summed E-state index contributed by atoms with van der Waals surface area (Å²) in [7, 11) is 0. The van der Waals surface area contributed by atoms with Crippen molar-refractivity contribution in [3.05, 3.63) is 92.7 Å². The van der Waals surface area contributed by atoms with E-state index in [2.05, 4.69) is 0 Å². The number of carbonyl (C=O) groups excluding carboxylic acids is 2. The molecule has 0 N–H and O–H groups in total. The number of allylic oxidation sites excluding steroid dienone is 1. The topological polar surface area (TPSA) is 71.1 Å². The van der Waals surface area contributed by atoms with E-state index < -0.39 is 5.97 Å². The van der Waals surface area contributed by atoms with Crippen LogP contribution >= 0.6 is 11.6 Å². The molecular formula is C26H19ClO6. The van der Waals surface area contributed by atoms with Crippen molar-refractivity contribution in [2.75, 3.05) is 6.79 Å². The van der Waals surface area contributed by atoms with Gasteiger partial charge in [0, 0.05) is 22.2 Å². The highest BCUT2D eigenvalue weighted by molar-refractivity contribution is 6.31. The lowest BCUT2D eigenvalue weighted by atomic mass is 10.0. The molecule has 0 bridgehead atoms. The minimum absolute atomic E-state index is 0.120. The lowest BCUT2D eigenvalue weighted by Crippen LogP contribution is -2.12. The third kappa shape index (κ3) is 4.11. The van der Waals surface area contributed by atoms with Gasteiger partial charge >= 0.3 is 5.97 Å². The van der Waals surface area contributed by atoms with Crippen molar-refractivity contribution in [2.45, 2.75) is 20.5 Å². The Morgan fingerprint density at radius 3 is 2.67 bits per heavy atom. The van der Waals surface area contributed by atoms with Crippen molar-refractivity contribution in [1.82, 2.24) is 0 Å². The van der Waals surface area contributed by atoms with Crippen LogP contribution in [-0.4, -0.2) is 18.5 Å². The molecule has 0 spiro atoms. The number of carbonyl (C=O) groups is 2. The number of ketones is 1. The lowest BCUT2D eigenvalue weighted by molar-refractivity contribution is -0.0165. The van der Waals surface area contributed by atoms with Crippen LogP contribution in [0.2, 0.25) is 5.02 Å². The van der Waals surface area contributed by atoms with E-state index in [4.69, 9.17) is 30.5 Å². The number of fused-ring (bicyclic) bond motifs is 2. The number of aryl methyl sites for hydroxylation is 2. The first-order valence-electron chi connectivity index (χ1n) is 10.3. The Balaban J connectivity index is 1.44. The number of hydrogen-bond acceptors (Lipinski definition) is 6. The van der Waals surface area contributed by atoms with Crippen LogP contribution in [0.4, 0.5) is 0 Å². The molecule has 33 heavy (non-hydrogen) atoms. The van der Waals surface area contributed by atoms with E-state index in [1.54, 1.807) is 49.4 Å². The second-order valence-electron chi connectivity index (χ2n) is 7.90. The van der Waals surface area contributed by atoms with Crippen LogP contribution in [0.15, 0.2) is 54.3 Å². The Kier molecular flexibility index (Phi) is 5.40. The normalized spacial score (nSPS) is 15.5. The van der Waals surface area contributed by atoms with Gasteiger partial charge in [-0.3, -0.25) is 4.79 Å². The zero-order chi connectivity index (χ0) is 23.1. The smallest absolute Gasteiger partial charge is 0.343 e. The maximum atomic E-state index is 13.1. The molecule has 0 unspecified atom stereocenters.